The van der Waals surface area contributed by atoms with E-state index in [1.165, 1.54) is 22.5 Å². The quantitative estimate of drug-likeness (QED) is 0.724. The number of sulfone groups is 1. The van der Waals surface area contributed by atoms with Gasteiger partial charge in [0.15, 0.2) is 0 Å². The molecule has 0 saturated carbocycles. The fourth-order valence-electron chi connectivity index (χ4n) is 3.28. The fraction of sp³-hybridized carbons (Fsp3) is 0.182. The van der Waals surface area contributed by atoms with Crippen LogP contribution >= 0.6 is 0 Å². The first-order valence-electron chi connectivity index (χ1n) is 9.08. The Kier molecular flexibility index (Phi) is 5.93. The van der Waals surface area contributed by atoms with Gasteiger partial charge in [0.2, 0.25) is 19.9 Å². The lowest BCUT2D eigenvalue weighted by Crippen LogP contribution is -2.33. The molecule has 7 heteroatoms. The molecular formula is C22H23NO4S2. The van der Waals surface area contributed by atoms with E-state index < -0.39 is 19.9 Å². The van der Waals surface area contributed by atoms with E-state index in [9.17, 15) is 16.8 Å². The van der Waals surface area contributed by atoms with Crippen LogP contribution in [0.25, 0.3) is 0 Å². The molecule has 0 amide bonds. The maximum atomic E-state index is 13.2. The minimum Gasteiger partial charge on any atom is -0.219 e. The molecule has 2 aromatic carbocycles. The number of allylic oxidation sites excluding steroid dienone is 1. The molecule has 0 unspecified atom stereocenters. The van der Waals surface area contributed by atoms with Crippen molar-refractivity contribution >= 4 is 19.9 Å². The smallest absolute Gasteiger partial charge is 0.219 e. The van der Waals surface area contributed by atoms with Crippen LogP contribution in [0.4, 0.5) is 0 Å². The summed E-state index contributed by atoms with van der Waals surface area (Å²) in [5.74, 6) is 0. The van der Waals surface area contributed by atoms with Crippen molar-refractivity contribution in [3.05, 3.63) is 95.4 Å². The maximum Gasteiger partial charge on any atom is 0.243 e. The molecule has 0 bridgehead atoms. The Morgan fingerprint density at radius 2 is 1.55 bits per heavy atom. The standard InChI is InChI=1S/C22H23NO4S2/c1-4-21-18(3)16-23(29(26,27)20-12-10-17(2)11-13-20)15-14-22(21)28(24,25)19-8-6-5-7-9-19/h4-13H,1,3,14-16H2,2H3. The SMILES string of the molecule is C=CC1=C(S(=O)(=O)c2ccccc2)CCN(S(=O)(=O)c2ccc(C)cc2)CC1=C. The molecule has 1 aliphatic rings. The summed E-state index contributed by atoms with van der Waals surface area (Å²) in [5, 5.41) is 0. The number of aryl methyl sites for hydroxylation is 1. The monoisotopic (exact) mass is 429 g/mol. The Balaban J connectivity index is 2.01. The Morgan fingerprint density at radius 3 is 2.14 bits per heavy atom. The van der Waals surface area contributed by atoms with Gasteiger partial charge < -0.3 is 0 Å². The molecule has 0 atom stereocenters. The third-order valence-corrected chi connectivity index (χ3v) is 8.70. The van der Waals surface area contributed by atoms with Crippen LogP contribution in [-0.4, -0.2) is 34.2 Å². The predicted octanol–water partition coefficient (Wildman–Crippen LogP) is 3.86. The summed E-state index contributed by atoms with van der Waals surface area (Å²) in [6.45, 7) is 9.61. The van der Waals surface area contributed by atoms with Crippen LogP contribution in [-0.2, 0) is 19.9 Å². The highest BCUT2D eigenvalue weighted by atomic mass is 32.2. The molecule has 0 N–H and O–H groups in total. The zero-order valence-corrected chi connectivity index (χ0v) is 17.8. The molecular weight excluding hydrogens is 406 g/mol. The summed E-state index contributed by atoms with van der Waals surface area (Å²) < 4.78 is 53.9. The molecule has 0 aromatic heterocycles. The largest absolute Gasteiger partial charge is 0.243 e. The topological polar surface area (TPSA) is 71.5 Å². The molecule has 1 heterocycles. The third kappa shape index (κ3) is 4.12. The summed E-state index contributed by atoms with van der Waals surface area (Å²) in [5.41, 5.74) is 1.74. The van der Waals surface area contributed by atoms with Crippen molar-refractivity contribution < 1.29 is 16.8 Å². The number of rotatable bonds is 5. The highest BCUT2D eigenvalue weighted by molar-refractivity contribution is 7.95. The van der Waals surface area contributed by atoms with E-state index in [-0.39, 0.29) is 34.2 Å². The van der Waals surface area contributed by atoms with Gasteiger partial charge in [-0.25, -0.2) is 16.8 Å². The highest BCUT2D eigenvalue weighted by Crippen LogP contribution is 2.33. The van der Waals surface area contributed by atoms with Gasteiger partial charge in [-0.15, -0.1) is 0 Å². The molecule has 0 spiro atoms. The Morgan fingerprint density at radius 1 is 0.931 bits per heavy atom. The van der Waals surface area contributed by atoms with Gasteiger partial charge in [0.1, 0.15) is 0 Å². The summed E-state index contributed by atoms with van der Waals surface area (Å²) >= 11 is 0. The van der Waals surface area contributed by atoms with Crippen LogP contribution in [0.5, 0.6) is 0 Å². The Hall–Kier alpha value is -2.48. The molecule has 152 valence electrons. The minimum atomic E-state index is -3.79. The van der Waals surface area contributed by atoms with Crippen molar-refractivity contribution in [1.29, 1.82) is 0 Å². The second kappa shape index (κ2) is 8.10. The third-order valence-electron chi connectivity index (χ3n) is 4.88. The van der Waals surface area contributed by atoms with Gasteiger partial charge >= 0.3 is 0 Å². The average molecular weight is 430 g/mol. The van der Waals surface area contributed by atoms with Crippen LogP contribution in [0.3, 0.4) is 0 Å². The predicted molar refractivity (Wildman–Crippen MR) is 115 cm³/mol. The zero-order chi connectivity index (χ0) is 21.2. The fourth-order valence-corrected chi connectivity index (χ4v) is 6.39. The van der Waals surface area contributed by atoms with Crippen molar-refractivity contribution in [3.63, 3.8) is 0 Å². The van der Waals surface area contributed by atoms with Crippen LogP contribution in [0, 0.1) is 6.92 Å². The number of hydrogen-bond donors (Lipinski definition) is 0. The first-order valence-corrected chi connectivity index (χ1v) is 12.0. The van der Waals surface area contributed by atoms with Crippen molar-refractivity contribution in [3.8, 4) is 0 Å². The molecule has 2 aromatic rings. The molecule has 0 radical (unpaired) electrons. The number of benzene rings is 2. The van der Waals surface area contributed by atoms with E-state index in [1.807, 2.05) is 6.92 Å². The average Bonchev–Trinajstić information content (AvgIpc) is 2.88. The molecule has 3 rings (SSSR count). The van der Waals surface area contributed by atoms with E-state index in [0.29, 0.717) is 11.1 Å². The second-order valence-electron chi connectivity index (χ2n) is 6.86. The summed E-state index contributed by atoms with van der Waals surface area (Å²) in [7, 11) is -7.58. The molecule has 29 heavy (non-hydrogen) atoms. The van der Waals surface area contributed by atoms with Gasteiger partial charge in [0, 0.05) is 13.1 Å². The molecule has 0 aliphatic carbocycles. The molecule has 0 fully saturated rings. The van der Waals surface area contributed by atoms with Crippen molar-refractivity contribution in [2.24, 2.45) is 0 Å². The zero-order valence-electron chi connectivity index (χ0n) is 16.2. The summed E-state index contributed by atoms with van der Waals surface area (Å²) in [6, 6.07) is 14.7. The maximum absolute atomic E-state index is 13.2. The normalized spacial score (nSPS) is 16.5. The first kappa shape index (κ1) is 21.2. The second-order valence-corrected chi connectivity index (χ2v) is 10.8. The van der Waals surface area contributed by atoms with Crippen LogP contribution < -0.4 is 0 Å². The van der Waals surface area contributed by atoms with Gasteiger partial charge in [-0.1, -0.05) is 55.1 Å². The van der Waals surface area contributed by atoms with Gasteiger partial charge in [0.25, 0.3) is 0 Å². The summed E-state index contributed by atoms with van der Waals surface area (Å²) in [6.07, 6.45) is 1.49. The van der Waals surface area contributed by atoms with E-state index in [0.717, 1.165) is 5.56 Å². The van der Waals surface area contributed by atoms with E-state index in [1.54, 1.807) is 42.5 Å². The van der Waals surface area contributed by atoms with Gasteiger partial charge in [0.05, 0.1) is 14.7 Å². The lowest BCUT2D eigenvalue weighted by atomic mass is 10.1. The molecule has 5 nitrogen and oxygen atoms in total. The summed E-state index contributed by atoms with van der Waals surface area (Å²) in [4.78, 5) is 0.479. The minimum absolute atomic E-state index is 0.00533. The Bertz CT molecular complexity index is 1180. The highest BCUT2D eigenvalue weighted by Gasteiger charge is 2.32. The number of nitrogens with zero attached hydrogens (tertiary/aromatic N) is 1. The lowest BCUT2D eigenvalue weighted by molar-refractivity contribution is 0.446. The van der Waals surface area contributed by atoms with E-state index in [4.69, 9.17) is 0 Å². The number of sulfonamides is 1. The van der Waals surface area contributed by atoms with Crippen molar-refractivity contribution in [2.45, 2.75) is 23.1 Å². The first-order chi connectivity index (χ1) is 13.7. The van der Waals surface area contributed by atoms with Crippen molar-refractivity contribution in [2.75, 3.05) is 13.1 Å². The number of hydrogen-bond acceptors (Lipinski definition) is 4. The molecule has 1 aliphatic heterocycles. The molecule has 0 saturated heterocycles. The van der Waals surface area contributed by atoms with Crippen molar-refractivity contribution in [1.82, 2.24) is 4.31 Å². The Labute approximate surface area is 172 Å². The van der Waals surface area contributed by atoms with Gasteiger partial charge in [-0.05, 0) is 48.8 Å². The van der Waals surface area contributed by atoms with E-state index >= 15 is 0 Å². The van der Waals surface area contributed by atoms with Crippen LogP contribution in [0.2, 0.25) is 0 Å². The van der Waals surface area contributed by atoms with Crippen LogP contribution in [0.15, 0.2) is 99.7 Å². The van der Waals surface area contributed by atoms with Gasteiger partial charge in [-0.3, -0.25) is 0 Å². The van der Waals surface area contributed by atoms with E-state index in [2.05, 4.69) is 13.2 Å². The van der Waals surface area contributed by atoms with Crippen LogP contribution in [0.1, 0.15) is 12.0 Å². The lowest BCUT2D eigenvalue weighted by Gasteiger charge is -2.21. The van der Waals surface area contributed by atoms with Gasteiger partial charge in [-0.2, -0.15) is 4.31 Å².